The molecule has 1 aliphatic rings. The molecule has 2 unspecified atom stereocenters. The highest BCUT2D eigenvalue weighted by molar-refractivity contribution is 4.87. The van der Waals surface area contributed by atoms with Crippen molar-refractivity contribution in [3.05, 3.63) is 12.7 Å². The lowest BCUT2D eigenvalue weighted by Gasteiger charge is -2.43. The minimum atomic E-state index is -0.178. The lowest BCUT2D eigenvalue weighted by molar-refractivity contribution is 0.0582. The molecule has 16 heavy (non-hydrogen) atoms. The summed E-state index contributed by atoms with van der Waals surface area (Å²) < 4.78 is 0. The first-order valence-corrected chi connectivity index (χ1v) is 6.76. The summed E-state index contributed by atoms with van der Waals surface area (Å²) in [5, 5.41) is 9.77. The SMILES string of the molecule is C=CCC(O)CCC1[C@H](C)CCCC1(C)C. The molecule has 0 saturated heterocycles. The summed E-state index contributed by atoms with van der Waals surface area (Å²) in [7, 11) is 0. The monoisotopic (exact) mass is 224 g/mol. The first-order chi connectivity index (χ1) is 7.47. The standard InChI is InChI=1S/C15H28O/c1-5-7-13(16)9-10-14-12(2)8-6-11-15(14,3)4/h5,12-14,16H,1,6-11H2,2-4H3/t12-,13?,14?/m1/s1. The van der Waals surface area contributed by atoms with Gasteiger partial charge >= 0.3 is 0 Å². The molecule has 0 heterocycles. The summed E-state index contributed by atoms with van der Waals surface area (Å²) in [6.45, 7) is 10.9. The molecule has 1 aliphatic carbocycles. The van der Waals surface area contributed by atoms with E-state index in [0.29, 0.717) is 5.41 Å². The minimum Gasteiger partial charge on any atom is -0.393 e. The highest BCUT2D eigenvalue weighted by atomic mass is 16.3. The summed E-state index contributed by atoms with van der Waals surface area (Å²) in [5.41, 5.74) is 0.464. The maximum absolute atomic E-state index is 9.77. The fraction of sp³-hybridized carbons (Fsp3) is 0.867. The van der Waals surface area contributed by atoms with Gasteiger partial charge in [0.05, 0.1) is 6.10 Å². The van der Waals surface area contributed by atoms with Crippen LogP contribution in [-0.2, 0) is 0 Å². The highest BCUT2D eigenvalue weighted by Crippen LogP contribution is 2.46. The van der Waals surface area contributed by atoms with Crippen LogP contribution in [0.4, 0.5) is 0 Å². The summed E-state index contributed by atoms with van der Waals surface area (Å²) in [6.07, 6.45) is 8.57. The van der Waals surface area contributed by atoms with Crippen molar-refractivity contribution in [3.8, 4) is 0 Å². The van der Waals surface area contributed by atoms with Gasteiger partial charge in [-0.05, 0) is 42.9 Å². The molecule has 0 aromatic carbocycles. The Balaban J connectivity index is 2.46. The minimum absolute atomic E-state index is 0.178. The molecule has 94 valence electrons. The molecule has 1 rings (SSSR count). The third-order valence-corrected chi connectivity index (χ3v) is 4.42. The van der Waals surface area contributed by atoms with Gasteiger partial charge in [-0.15, -0.1) is 6.58 Å². The van der Waals surface area contributed by atoms with Crippen molar-refractivity contribution in [1.82, 2.24) is 0 Å². The van der Waals surface area contributed by atoms with Crippen LogP contribution in [0, 0.1) is 17.3 Å². The Labute approximate surface area is 101 Å². The third-order valence-electron chi connectivity index (χ3n) is 4.42. The largest absolute Gasteiger partial charge is 0.393 e. The molecule has 0 bridgehead atoms. The predicted molar refractivity (Wildman–Crippen MR) is 70.3 cm³/mol. The maximum Gasteiger partial charge on any atom is 0.0574 e. The van der Waals surface area contributed by atoms with Gasteiger partial charge in [0, 0.05) is 0 Å². The second-order valence-corrected chi connectivity index (χ2v) is 6.22. The van der Waals surface area contributed by atoms with E-state index in [2.05, 4.69) is 27.4 Å². The van der Waals surface area contributed by atoms with Gasteiger partial charge in [0.2, 0.25) is 0 Å². The van der Waals surface area contributed by atoms with Crippen LogP contribution in [0.15, 0.2) is 12.7 Å². The Morgan fingerprint density at radius 2 is 2.19 bits per heavy atom. The van der Waals surface area contributed by atoms with Crippen LogP contribution in [0.2, 0.25) is 0 Å². The average molecular weight is 224 g/mol. The van der Waals surface area contributed by atoms with Crippen LogP contribution < -0.4 is 0 Å². The summed E-state index contributed by atoms with van der Waals surface area (Å²) >= 11 is 0. The summed E-state index contributed by atoms with van der Waals surface area (Å²) in [6, 6.07) is 0. The van der Waals surface area contributed by atoms with Crippen LogP contribution in [-0.4, -0.2) is 11.2 Å². The van der Waals surface area contributed by atoms with Crippen molar-refractivity contribution in [2.45, 2.75) is 65.4 Å². The summed E-state index contributed by atoms with van der Waals surface area (Å²) in [5.74, 6) is 1.60. The van der Waals surface area contributed by atoms with E-state index in [1.54, 1.807) is 0 Å². The molecule has 0 spiro atoms. The molecule has 0 radical (unpaired) electrons. The van der Waals surface area contributed by atoms with Gasteiger partial charge < -0.3 is 5.11 Å². The fourth-order valence-corrected chi connectivity index (χ4v) is 3.39. The Bertz CT molecular complexity index is 219. The van der Waals surface area contributed by atoms with Gasteiger partial charge in [-0.2, -0.15) is 0 Å². The van der Waals surface area contributed by atoms with Gasteiger partial charge in [-0.25, -0.2) is 0 Å². The number of hydrogen-bond donors (Lipinski definition) is 1. The molecule has 1 heteroatoms. The van der Waals surface area contributed by atoms with Gasteiger partial charge in [0.25, 0.3) is 0 Å². The smallest absolute Gasteiger partial charge is 0.0574 e. The Hall–Kier alpha value is -0.300. The first-order valence-electron chi connectivity index (χ1n) is 6.76. The van der Waals surface area contributed by atoms with E-state index in [9.17, 15) is 5.11 Å². The average Bonchev–Trinajstić information content (AvgIpc) is 2.16. The zero-order valence-electron chi connectivity index (χ0n) is 11.2. The zero-order chi connectivity index (χ0) is 12.2. The molecule has 1 nitrogen and oxygen atoms in total. The molecule has 0 amide bonds. The fourth-order valence-electron chi connectivity index (χ4n) is 3.39. The normalized spacial score (nSPS) is 31.0. The van der Waals surface area contributed by atoms with Gasteiger partial charge in [-0.1, -0.05) is 39.7 Å². The van der Waals surface area contributed by atoms with Crippen LogP contribution in [0.25, 0.3) is 0 Å². The first kappa shape index (κ1) is 13.8. The second kappa shape index (κ2) is 5.86. The lowest BCUT2D eigenvalue weighted by Crippen LogP contribution is -2.34. The van der Waals surface area contributed by atoms with E-state index in [-0.39, 0.29) is 6.10 Å². The van der Waals surface area contributed by atoms with Crippen molar-refractivity contribution in [2.24, 2.45) is 17.3 Å². The number of hydrogen-bond acceptors (Lipinski definition) is 1. The van der Waals surface area contributed by atoms with Crippen molar-refractivity contribution in [1.29, 1.82) is 0 Å². The van der Waals surface area contributed by atoms with E-state index in [1.165, 1.54) is 25.7 Å². The van der Waals surface area contributed by atoms with Crippen LogP contribution in [0.5, 0.6) is 0 Å². The predicted octanol–water partition coefficient (Wildman–Crippen LogP) is 4.17. The molecular weight excluding hydrogens is 196 g/mol. The molecule has 0 aromatic heterocycles. The molecule has 0 aliphatic heterocycles. The van der Waals surface area contributed by atoms with Crippen molar-refractivity contribution >= 4 is 0 Å². The van der Waals surface area contributed by atoms with Crippen molar-refractivity contribution in [3.63, 3.8) is 0 Å². The van der Waals surface area contributed by atoms with Gasteiger partial charge in [0.15, 0.2) is 0 Å². The van der Waals surface area contributed by atoms with Gasteiger partial charge in [0.1, 0.15) is 0 Å². The van der Waals surface area contributed by atoms with E-state index >= 15 is 0 Å². The van der Waals surface area contributed by atoms with Crippen LogP contribution in [0.1, 0.15) is 59.3 Å². The van der Waals surface area contributed by atoms with Crippen LogP contribution >= 0.6 is 0 Å². The van der Waals surface area contributed by atoms with Crippen molar-refractivity contribution < 1.29 is 5.11 Å². The van der Waals surface area contributed by atoms with Gasteiger partial charge in [-0.3, -0.25) is 0 Å². The Kier molecular flexibility index (Phi) is 5.04. The Morgan fingerprint density at radius 3 is 2.75 bits per heavy atom. The number of aliphatic hydroxyl groups is 1. The van der Waals surface area contributed by atoms with E-state index in [1.807, 2.05) is 6.08 Å². The highest BCUT2D eigenvalue weighted by Gasteiger charge is 2.36. The third kappa shape index (κ3) is 3.62. The molecular formula is C15H28O. The number of rotatable bonds is 5. The Morgan fingerprint density at radius 1 is 1.50 bits per heavy atom. The van der Waals surface area contributed by atoms with E-state index < -0.39 is 0 Å². The zero-order valence-corrected chi connectivity index (χ0v) is 11.2. The second-order valence-electron chi connectivity index (χ2n) is 6.22. The number of aliphatic hydroxyl groups excluding tert-OH is 1. The van der Waals surface area contributed by atoms with E-state index in [0.717, 1.165) is 24.7 Å². The molecule has 0 aromatic rings. The molecule has 1 saturated carbocycles. The quantitative estimate of drug-likeness (QED) is 0.695. The summed E-state index contributed by atoms with van der Waals surface area (Å²) in [4.78, 5) is 0. The van der Waals surface area contributed by atoms with Crippen molar-refractivity contribution in [2.75, 3.05) is 0 Å². The topological polar surface area (TPSA) is 20.2 Å². The maximum atomic E-state index is 9.77. The lowest BCUT2D eigenvalue weighted by atomic mass is 9.62. The van der Waals surface area contributed by atoms with E-state index in [4.69, 9.17) is 0 Å². The molecule has 1 N–H and O–H groups in total. The molecule has 1 fully saturated rings. The van der Waals surface area contributed by atoms with Crippen LogP contribution in [0.3, 0.4) is 0 Å². The molecule has 3 atom stereocenters.